The largest absolute Gasteiger partial charge is 0.462 e. The van der Waals surface area contributed by atoms with Crippen LogP contribution in [0.2, 0.25) is 0 Å². The lowest BCUT2D eigenvalue weighted by molar-refractivity contribution is -0.139. The number of hydrogen-bond acceptors (Lipinski definition) is 4. The maximum atomic E-state index is 13.7. The predicted octanol–water partition coefficient (Wildman–Crippen LogP) is 6.63. The average Bonchev–Trinajstić information content (AvgIpc) is 2.82. The smallest absolute Gasteiger partial charge is 0.418 e. The third-order valence-electron chi connectivity index (χ3n) is 5.41. The van der Waals surface area contributed by atoms with Crippen molar-refractivity contribution in [3.8, 4) is 0 Å². The number of carbonyl (C=O) groups excluding carboxylic acids is 2. The summed E-state index contributed by atoms with van der Waals surface area (Å²) in [6, 6.07) is 11.5. The van der Waals surface area contributed by atoms with E-state index in [1.165, 1.54) is 24.3 Å². The van der Waals surface area contributed by atoms with E-state index in [0.717, 1.165) is 42.6 Å². The number of hydrogen-bond donors (Lipinski definition) is 0. The molecule has 0 aliphatic carbocycles. The Morgan fingerprint density at radius 2 is 1.53 bits per heavy atom. The molecule has 3 rings (SSSR count). The second-order valence-electron chi connectivity index (χ2n) is 7.94. The van der Waals surface area contributed by atoms with E-state index in [1.54, 1.807) is 6.92 Å². The van der Waals surface area contributed by atoms with Crippen LogP contribution in [0.4, 0.5) is 26.3 Å². The molecular weight excluding hydrogens is 488 g/mol. The summed E-state index contributed by atoms with van der Waals surface area (Å²) in [4.78, 5) is 28.5. The Bertz CT molecular complexity index is 1200. The van der Waals surface area contributed by atoms with Gasteiger partial charge in [0.25, 0.3) is 0 Å². The molecule has 1 atom stereocenters. The number of nitrogens with zero attached hydrogens (tertiary/aromatic N) is 1. The van der Waals surface area contributed by atoms with Gasteiger partial charge in [0.15, 0.2) is 0 Å². The molecule has 4 nitrogen and oxygen atoms in total. The third kappa shape index (κ3) is 6.71. The van der Waals surface area contributed by atoms with Crippen molar-refractivity contribution >= 4 is 11.8 Å². The molecule has 0 fully saturated rings. The SMILES string of the molecule is CCOC(=O)c1ccc(CC(=O)C[C@@H](c2ccc(C(F)(F)F)cc2)c2ncccc2C(F)(F)F)cc1. The van der Waals surface area contributed by atoms with E-state index in [9.17, 15) is 35.9 Å². The molecule has 1 aromatic heterocycles. The van der Waals surface area contributed by atoms with Crippen molar-refractivity contribution in [3.05, 3.63) is 100 Å². The first-order chi connectivity index (χ1) is 16.9. The Morgan fingerprint density at radius 3 is 2.08 bits per heavy atom. The molecule has 3 aromatic rings. The van der Waals surface area contributed by atoms with Crippen LogP contribution in [0.15, 0.2) is 66.9 Å². The molecule has 190 valence electrons. The van der Waals surface area contributed by atoms with E-state index in [0.29, 0.717) is 5.56 Å². The number of aromatic nitrogens is 1. The summed E-state index contributed by atoms with van der Waals surface area (Å²) >= 11 is 0. The van der Waals surface area contributed by atoms with Crippen LogP contribution in [0.25, 0.3) is 0 Å². The monoisotopic (exact) mass is 509 g/mol. The number of alkyl halides is 6. The van der Waals surface area contributed by atoms with E-state index < -0.39 is 53.3 Å². The molecule has 0 radical (unpaired) electrons. The molecule has 0 saturated carbocycles. The molecule has 1 heterocycles. The van der Waals surface area contributed by atoms with Gasteiger partial charge >= 0.3 is 18.3 Å². The minimum absolute atomic E-state index is 0.0956. The number of ketones is 1. The fourth-order valence-corrected chi connectivity index (χ4v) is 3.71. The molecular formula is C26H21F6NO3. The standard InChI is InChI=1S/C26H21F6NO3/c1-2-36-24(35)18-7-5-16(6-8-18)14-20(34)15-21(17-9-11-19(12-10-17)25(27,28)29)23-22(26(30,31)32)4-3-13-33-23/h3-13,21H,2,14-15H2,1H3/t21-/m0/s1. The number of ether oxygens (including phenoxy) is 1. The van der Waals surface area contributed by atoms with Gasteiger partial charge in [-0.1, -0.05) is 24.3 Å². The first kappa shape index (κ1) is 26.9. The summed E-state index contributed by atoms with van der Waals surface area (Å²) in [6.07, 6.45) is -8.85. The first-order valence-corrected chi connectivity index (χ1v) is 10.9. The minimum Gasteiger partial charge on any atom is -0.462 e. The van der Waals surface area contributed by atoms with Crippen LogP contribution in [-0.4, -0.2) is 23.3 Å². The molecule has 0 unspecified atom stereocenters. The van der Waals surface area contributed by atoms with Crippen LogP contribution in [0, 0.1) is 0 Å². The summed E-state index contributed by atoms with van der Waals surface area (Å²) < 4.78 is 84.9. The Balaban J connectivity index is 1.91. The number of carbonyl (C=O) groups is 2. The summed E-state index contributed by atoms with van der Waals surface area (Å²) in [5.74, 6) is -2.22. The van der Waals surface area contributed by atoms with Gasteiger partial charge in [0, 0.05) is 25.0 Å². The van der Waals surface area contributed by atoms with Crippen molar-refractivity contribution in [2.24, 2.45) is 0 Å². The topological polar surface area (TPSA) is 56.3 Å². The number of pyridine rings is 1. The molecule has 0 saturated heterocycles. The van der Waals surface area contributed by atoms with Gasteiger partial charge in [-0.15, -0.1) is 0 Å². The Morgan fingerprint density at radius 1 is 0.889 bits per heavy atom. The van der Waals surface area contributed by atoms with Gasteiger partial charge in [0.2, 0.25) is 0 Å². The lowest BCUT2D eigenvalue weighted by Gasteiger charge is -2.21. The highest BCUT2D eigenvalue weighted by molar-refractivity contribution is 5.89. The van der Waals surface area contributed by atoms with E-state index >= 15 is 0 Å². The van der Waals surface area contributed by atoms with E-state index in [1.807, 2.05) is 0 Å². The number of Topliss-reactive ketones (excluding diaryl/α,β-unsaturated/α-hetero) is 1. The third-order valence-corrected chi connectivity index (χ3v) is 5.41. The highest BCUT2D eigenvalue weighted by atomic mass is 19.4. The number of benzene rings is 2. The van der Waals surface area contributed by atoms with Gasteiger partial charge in [-0.05, 0) is 54.4 Å². The van der Waals surface area contributed by atoms with Crippen LogP contribution in [0.1, 0.15) is 57.6 Å². The molecule has 0 spiro atoms. The first-order valence-electron chi connectivity index (χ1n) is 10.9. The second-order valence-corrected chi connectivity index (χ2v) is 7.94. The number of esters is 1. The zero-order valence-electron chi connectivity index (χ0n) is 19.0. The van der Waals surface area contributed by atoms with Gasteiger partial charge in [-0.25, -0.2) is 4.79 Å². The van der Waals surface area contributed by atoms with Crippen molar-refractivity contribution in [3.63, 3.8) is 0 Å². The predicted molar refractivity (Wildman–Crippen MR) is 118 cm³/mol. The van der Waals surface area contributed by atoms with E-state index in [-0.39, 0.29) is 24.2 Å². The van der Waals surface area contributed by atoms with Crippen molar-refractivity contribution in [1.29, 1.82) is 0 Å². The number of halogens is 6. The Hall–Kier alpha value is -3.69. The molecule has 10 heteroatoms. The zero-order valence-corrected chi connectivity index (χ0v) is 19.0. The second kappa shape index (κ2) is 10.9. The highest BCUT2D eigenvalue weighted by Crippen LogP contribution is 2.39. The van der Waals surface area contributed by atoms with Gasteiger partial charge in [0.05, 0.1) is 29.0 Å². The summed E-state index contributed by atoms with van der Waals surface area (Å²) in [6.45, 7) is 1.85. The fraction of sp³-hybridized carbons (Fsp3) is 0.269. The van der Waals surface area contributed by atoms with Gasteiger partial charge in [-0.2, -0.15) is 26.3 Å². The highest BCUT2D eigenvalue weighted by Gasteiger charge is 2.37. The van der Waals surface area contributed by atoms with Crippen molar-refractivity contribution in [2.75, 3.05) is 6.61 Å². The van der Waals surface area contributed by atoms with E-state index in [4.69, 9.17) is 4.74 Å². The molecule has 0 N–H and O–H groups in total. The van der Waals surface area contributed by atoms with Crippen LogP contribution in [0.5, 0.6) is 0 Å². The molecule has 0 bridgehead atoms. The number of rotatable bonds is 8. The molecule has 0 amide bonds. The summed E-state index contributed by atoms with van der Waals surface area (Å²) in [7, 11) is 0. The lowest BCUT2D eigenvalue weighted by Crippen LogP contribution is -2.18. The Labute approximate surface area is 202 Å². The quantitative estimate of drug-likeness (QED) is 0.253. The maximum absolute atomic E-state index is 13.7. The minimum atomic E-state index is -4.78. The molecule has 0 aliphatic heterocycles. The molecule has 36 heavy (non-hydrogen) atoms. The van der Waals surface area contributed by atoms with Crippen molar-refractivity contribution < 1.29 is 40.7 Å². The summed E-state index contributed by atoms with van der Waals surface area (Å²) in [5.41, 5.74) is -1.60. The fourth-order valence-electron chi connectivity index (χ4n) is 3.71. The lowest BCUT2D eigenvalue weighted by atomic mass is 9.86. The van der Waals surface area contributed by atoms with Gasteiger partial charge in [-0.3, -0.25) is 9.78 Å². The van der Waals surface area contributed by atoms with Crippen LogP contribution in [-0.2, 0) is 28.3 Å². The molecule has 0 aliphatic rings. The normalized spacial score (nSPS) is 12.8. The van der Waals surface area contributed by atoms with Crippen LogP contribution in [0.3, 0.4) is 0 Å². The summed E-state index contributed by atoms with van der Waals surface area (Å²) in [5, 5.41) is 0. The van der Waals surface area contributed by atoms with Gasteiger partial charge < -0.3 is 4.74 Å². The van der Waals surface area contributed by atoms with E-state index in [2.05, 4.69) is 4.98 Å². The zero-order chi connectivity index (χ0) is 26.5. The van der Waals surface area contributed by atoms with Crippen molar-refractivity contribution in [1.82, 2.24) is 4.98 Å². The van der Waals surface area contributed by atoms with Crippen LogP contribution < -0.4 is 0 Å². The molecule has 2 aromatic carbocycles. The van der Waals surface area contributed by atoms with Gasteiger partial charge in [0.1, 0.15) is 5.78 Å². The maximum Gasteiger partial charge on any atom is 0.418 e. The van der Waals surface area contributed by atoms with Crippen molar-refractivity contribution in [2.45, 2.75) is 38.0 Å². The average molecular weight is 509 g/mol. The van der Waals surface area contributed by atoms with Crippen LogP contribution >= 0.6 is 0 Å². The Kier molecular flexibility index (Phi) is 8.17.